The number of quaternary nitrogens is 1. The number of anilines is 1. The molecular formula is C19H21Cl2N2O3+. The minimum atomic E-state index is -0.248. The van der Waals surface area contributed by atoms with Crippen LogP contribution in [0.2, 0.25) is 10.0 Å². The average Bonchev–Trinajstić information content (AvgIpc) is 2.63. The topological polar surface area (TPSA) is 52.0 Å². The van der Waals surface area contributed by atoms with E-state index >= 15 is 0 Å². The maximum absolute atomic E-state index is 12.0. The second-order valence-corrected chi connectivity index (χ2v) is 6.99. The van der Waals surface area contributed by atoms with E-state index in [0.717, 1.165) is 38.5 Å². The van der Waals surface area contributed by atoms with E-state index in [1.165, 1.54) is 10.5 Å². The van der Waals surface area contributed by atoms with E-state index in [-0.39, 0.29) is 12.5 Å². The first-order chi connectivity index (χ1) is 12.6. The van der Waals surface area contributed by atoms with Crippen LogP contribution in [0.15, 0.2) is 42.5 Å². The molecule has 0 atom stereocenters. The molecule has 0 unspecified atom stereocenters. The van der Waals surface area contributed by atoms with Gasteiger partial charge < -0.3 is 19.7 Å². The van der Waals surface area contributed by atoms with Crippen LogP contribution in [0, 0.1) is 0 Å². The van der Waals surface area contributed by atoms with E-state index in [4.69, 9.17) is 32.7 Å². The van der Waals surface area contributed by atoms with Crippen molar-refractivity contribution in [1.82, 2.24) is 0 Å². The standard InChI is InChI=1S/C19H20Cl2N2O3/c20-15-3-6-18(17(21)11-15)26-13-19(24)22-16-4-1-14(2-5-16)12-23-7-9-25-10-8-23/h1-6,11H,7-10,12-13H2,(H,22,24)/p+1. The number of hydrogen-bond donors (Lipinski definition) is 2. The van der Waals surface area contributed by atoms with Gasteiger partial charge >= 0.3 is 0 Å². The Labute approximate surface area is 162 Å². The predicted octanol–water partition coefficient (Wildman–Crippen LogP) is 2.43. The third-order valence-electron chi connectivity index (χ3n) is 4.14. The lowest BCUT2D eigenvalue weighted by Crippen LogP contribution is -3.12. The molecule has 0 aromatic heterocycles. The van der Waals surface area contributed by atoms with Gasteiger partial charge in [0, 0.05) is 16.3 Å². The van der Waals surface area contributed by atoms with Gasteiger partial charge in [0.15, 0.2) is 6.61 Å². The molecule has 1 amide bonds. The first-order valence-electron chi connectivity index (χ1n) is 8.48. The zero-order chi connectivity index (χ0) is 18.4. The lowest BCUT2D eigenvalue weighted by molar-refractivity contribution is -0.921. The van der Waals surface area contributed by atoms with E-state index in [0.29, 0.717) is 15.8 Å². The highest BCUT2D eigenvalue weighted by molar-refractivity contribution is 6.35. The van der Waals surface area contributed by atoms with Crippen LogP contribution in [0.3, 0.4) is 0 Å². The third kappa shape index (κ3) is 5.61. The maximum Gasteiger partial charge on any atom is 0.262 e. The SMILES string of the molecule is O=C(COc1ccc(Cl)cc1Cl)Nc1ccc(C[NH+]2CCOCC2)cc1. The maximum atomic E-state index is 12.0. The minimum absolute atomic E-state index is 0.124. The molecule has 2 N–H and O–H groups in total. The quantitative estimate of drug-likeness (QED) is 0.789. The molecule has 2 aromatic carbocycles. The molecule has 1 aliphatic heterocycles. The smallest absolute Gasteiger partial charge is 0.262 e. The van der Waals surface area contributed by atoms with Crippen molar-refractivity contribution in [2.75, 3.05) is 38.2 Å². The number of nitrogens with one attached hydrogen (secondary N) is 2. The van der Waals surface area contributed by atoms with Crippen molar-refractivity contribution in [3.05, 3.63) is 58.1 Å². The number of carbonyl (C=O) groups excluding carboxylic acids is 1. The van der Waals surface area contributed by atoms with Gasteiger partial charge in [0.1, 0.15) is 25.4 Å². The lowest BCUT2D eigenvalue weighted by Gasteiger charge is -2.23. The molecule has 1 heterocycles. The van der Waals surface area contributed by atoms with Gasteiger partial charge in [0.2, 0.25) is 0 Å². The predicted molar refractivity (Wildman–Crippen MR) is 102 cm³/mol. The normalized spacial score (nSPS) is 14.8. The van der Waals surface area contributed by atoms with Crippen LogP contribution in [-0.2, 0) is 16.1 Å². The molecule has 2 aromatic rings. The number of hydrogen-bond acceptors (Lipinski definition) is 3. The summed E-state index contributed by atoms with van der Waals surface area (Å²) < 4.78 is 10.8. The van der Waals surface area contributed by atoms with Crippen LogP contribution in [-0.4, -0.2) is 38.8 Å². The van der Waals surface area contributed by atoms with Gasteiger partial charge in [0.25, 0.3) is 5.91 Å². The highest BCUT2D eigenvalue weighted by Gasteiger charge is 2.14. The van der Waals surface area contributed by atoms with Crippen LogP contribution >= 0.6 is 23.2 Å². The summed E-state index contributed by atoms with van der Waals surface area (Å²) >= 11 is 11.9. The molecule has 26 heavy (non-hydrogen) atoms. The van der Waals surface area contributed by atoms with Crippen LogP contribution in [0.4, 0.5) is 5.69 Å². The average molecular weight is 396 g/mol. The number of carbonyl (C=O) groups is 1. The Bertz CT molecular complexity index is 747. The molecule has 3 rings (SSSR count). The Morgan fingerprint density at radius 3 is 2.54 bits per heavy atom. The number of ether oxygens (including phenoxy) is 2. The van der Waals surface area contributed by atoms with Crippen molar-refractivity contribution in [2.45, 2.75) is 6.54 Å². The molecule has 0 spiro atoms. The van der Waals surface area contributed by atoms with Crippen LogP contribution in [0.1, 0.15) is 5.56 Å². The van der Waals surface area contributed by atoms with E-state index in [1.807, 2.05) is 24.3 Å². The number of halogens is 2. The lowest BCUT2D eigenvalue weighted by atomic mass is 10.2. The van der Waals surface area contributed by atoms with Crippen LogP contribution in [0.25, 0.3) is 0 Å². The number of rotatable bonds is 6. The molecule has 0 aliphatic carbocycles. The summed E-state index contributed by atoms with van der Waals surface area (Å²) in [6, 6.07) is 12.8. The molecule has 138 valence electrons. The summed E-state index contributed by atoms with van der Waals surface area (Å²) in [5.74, 6) is 0.178. The largest absolute Gasteiger partial charge is 0.482 e. The number of morpholine rings is 1. The van der Waals surface area contributed by atoms with Gasteiger partial charge in [-0.25, -0.2) is 0 Å². The number of benzene rings is 2. The molecule has 0 bridgehead atoms. The van der Waals surface area contributed by atoms with Crippen LogP contribution in [0.5, 0.6) is 5.75 Å². The van der Waals surface area contributed by atoms with Crippen molar-refractivity contribution in [3.8, 4) is 5.75 Å². The minimum Gasteiger partial charge on any atom is -0.482 e. The van der Waals surface area contributed by atoms with E-state index in [1.54, 1.807) is 18.2 Å². The Morgan fingerprint density at radius 2 is 1.85 bits per heavy atom. The van der Waals surface area contributed by atoms with Crippen molar-refractivity contribution in [1.29, 1.82) is 0 Å². The van der Waals surface area contributed by atoms with Gasteiger partial charge in [-0.2, -0.15) is 0 Å². The van der Waals surface area contributed by atoms with Gasteiger partial charge in [-0.05, 0) is 30.3 Å². The number of amides is 1. The first kappa shape index (κ1) is 19.0. The van der Waals surface area contributed by atoms with Gasteiger partial charge in [-0.1, -0.05) is 35.3 Å². The van der Waals surface area contributed by atoms with Crippen LogP contribution < -0.4 is 15.0 Å². The van der Waals surface area contributed by atoms with Crippen molar-refractivity contribution in [3.63, 3.8) is 0 Å². The summed E-state index contributed by atoms with van der Waals surface area (Å²) in [7, 11) is 0. The Hall–Kier alpha value is -1.79. The Morgan fingerprint density at radius 1 is 1.12 bits per heavy atom. The van der Waals surface area contributed by atoms with E-state index < -0.39 is 0 Å². The highest BCUT2D eigenvalue weighted by atomic mass is 35.5. The Kier molecular flexibility index (Phi) is 6.74. The summed E-state index contributed by atoms with van der Waals surface area (Å²) in [4.78, 5) is 13.6. The van der Waals surface area contributed by atoms with E-state index in [2.05, 4.69) is 5.32 Å². The molecule has 1 saturated heterocycles. The summed E-state index contributed by atoms with van der Waals surface area (Å²) in [5.41, 5.74) is 1.98. The van der Waals surface area contributed by atoms with Crippen molar-refractivity contribution in [2.24, 2.45) is 0 Å². The summed E-state index contributed by atoms with van der Waals surface area (Å²) in [5, 5.41) is 3.71. The first-order valence-corrected chi connectivity index (χ1v) is 9.24. The molecular weight excluding hydrogens is 375 g/mol. The summed E-state index contributed by atoms with van der Waals surface area (Å²) in [6.45, 7) is 4.55. The van der Waals surface area contributed by atoms with Crippen molar-refractivity contribution >= 4 is 34.8 Å². The fraction of sp³-hybridized carbons (Fsp3) is 0.316. The fourth-order valence-corrected chi connectivity index (χ4v) is 3.23. The Balaban J connectivity index is 1.47. The fourth-order valence-electron chi connectivity index (χ4n) is 2.76. The molecule has 1 fully saturated rings. The third-order valence-corrected chi connectivity index (χ3v) is 4.67. The molecule has 5 nitrogen and oxygen atoms in total. The van der Waals surface area contributed by atoms with Crippen molar-refractivity contribution < 1.29 is 19.2 Å². The summed E-state index contributed by atoms with van der Waals surface area (Å²) in [6.07, 6.45) is 0. The van der Waals surface area contributed by atoms with Gasteiger partial charge in [0.05, 0.1) is 18.2 Å². The second kappa shape index (κ2) is 9.24. The zero-order valence-corrected chi connectivity index (χ0v) is 15.8. The molecule has 0 radical (unpaired) electrons. The second-order valence-electron chi connectivity index (χ2n) is 6.15. The molecule has 1 aliphatic rings. The molecule has 7 heteroatoms. The van der Waals surface area contributed by atoms with Gasteiger partial charge in [-0.15, -0.1) is 0 Å². The highest BCUT2D eigenvalue weighted by Crippen LogP contribution is 2.27. The monoisotopic (exact) mass is 395 g/mol. The molecule has 0 saturated carbocycles. The van der Waals surface area contributed by atoms with E-state index in [9.17, 15) is 4.79 Å². The zero-order valence-electron chi connectivity index (χ0n) is 14.3. The van der Waals surface area contributed by atoms with Gasteiger partial charge in [-0.3, -0.25) is 4.79 Å².